The number of carbonyl (C=O) groups is 1. The Morgan fingerprint density at radius 2 is 2.36 bits per heavy atom. The van der Waals surface area contributed by atoms with Gasteiger partial charge in [0.05, 0.1) is 0 Å². The molecule has 0 saturated heterocycles. The monoisotopic (exact) mass is 147 g/mol. The highest BCUT2D eigenvalue weighted by Gasteiger charge is 2.25. The maximum atomic E-state index is 10.9. The van der Waals surface area contributed by atoms with E-state index in [1.54, 1.807) is 18.3 Å². The smallest absolute Gasteiger partial charge is 0.363 e. The summed E-state index contributed by atoms with van der Waals surface area (Å²) in [4.78, 5) is 14.8. The molecule has 1 aromatic rings. The topological polar surface area (TPSA) is 39.2 Å². The summed E-state index contributed by atoms with van der Waals surface area (Å²) in [5, 5.41) is 0. The molecular weight excluding hydrogens is 142 g/mol. The number of aromatic nitrogens is 1. The minimum atomic E-state index is -0.411. The first-order valence-corrected chi connectivity index (χ1v) is 3.15. The van der Waals surface area contributed by atoms with Crippen molar-refractivity contribution in [1.29, 1.82) is 0 Å². The molecule has 2 rings (SSSR count). The molecule has 0 saturated carbocycles. The Hall–Kier alpha value is -1.64. The molecule has 0 aliphatic carbocycles. The van der Waals surface area contributed by atoms with Crippen molar-refractivity contribution < 1.29 is 9.53 Å². The summed E-state index contributed by atoms with van der Waals surface area (Å²) >= 11 is 0. The molecule has 3 heteroatoms. The fraction of sp³-hybridized carbons (Fsp3) is 0. The molecule has 0 aromatic carbocycles. The molecule has 3 nitrogen and oxygen atoms in total. The maximum absolute atomic E-state index is 10.9. The molecule has 0 unspecified atom stereocenters. The predicted octanol–water partition coefficient (Wildman–Crippen LogP) is 1.22. The van der Waals surface area contributed by atoms with Gasteiger partial charge in [0.15, 0.2) is 5.69 Å². The summed E-state index contributed by atoms with van der Waals surface area (Å²) in [6, 6.07) is 3.50. The Morgan fingerprint density at radius 3 is 3.09 bits per heavy atom. The molecular formula is C8H5NO2. The summed E-state index contributed by atoms with van der Waals surface area (Å²) < 4.78 is 4.74. The second-order valence-corrected chi connectivity index (χ2v) is 2.21. The molecule has 54 valence electrons. The van der Waals surface area contributed by atoms with E-state index in [4.69, 9.17) is 4.74 Å². The third-order valence-electron chi connectivity index (χ3n) is 1.52. The maximum Gasteiger partial charge on any atom is 0.363 e. The van der Waals surface area contributed by atoms with E-state index in [9.17, 15) is 4.79 Å². The van der Waals surface area contributed by atoms with Crippen LogP contribution in [0.4, 0.5) is 0 Å². The summed E-state index contributed by atoms with van der Waals surface area (Å²) in [5.41, 5.74) is 1.05. The summed E-state index contributed by atoms with van der Waals surface area (Å²) in [6.45, 7) is 3.56. The van der Waals surface area contributed by atoms with Crippen LogP contribution in [0.5, 0.6) is 0 Å². The van der Waals surface area contributed by atoms with Crippen molar-refractivity contribution >= 4 is 11.7 Å². The zero-order chi connectivity index (χ0) is 7.84. The highest BCUT2D eigenvalue weighted by Crippen LogP contribution is 2.25. The lowest BCUT2D eigenvalue weighted by Gasteiger charge is -1.89. The van der Waals surface area contributed by atoms with Crippen molar-refractivity contribution in [2.45, 2.75) is 0 Å². The number of pyridine rings is 1. The van der Waals surface area contributed by atoms with Gasteiger partial charge in [-0.2, -0.15) is 0 Å². The molecule has 0 fully saturated rings. The number of fused-ring (bicyclic) bond motifs is 1. The van der Waals surface area contributed by atoms with Gasteiger partial charge in [-0.15, -0.1) is 0 Å². The van der Waals surface area contributed by atoms with Gasteiger partial charge < -0.3 is 4.74 Å². The van der Waals surface area contributed by atoms with Crippen molar-refractivity contribution in [2.75, 3.05) is 0 Å². The number of hydrogen-bond donors (Lipinski definition) is 0. The van der Waals surface area contributed by atoms with Crippen molar-refractivity contribution in [3.05, 3.63) is 36.2 Å². The molecule has 0 spiro atoms. The van der Waals surface area contributed by atoms with Gasteiger partial charge in [-0.3, -0.25) is 0 Å². The highest BCUT2D eigenvalue weighted by atomic mass is 16.5. The van der Waals surface area contributed by atoms with Crippen LogP contribution in [0.25, 0.3) is 5.76 Å². The molecule has 0 atom stereocenters. The summed E-state index contributed by atoms with van der Waals surface area (Å²) in [6.07, 6.45) is 1.55. The van der Waals surface area contributed by atoms with Crippen molar-refractivity contribution in [3.63, 3.8) is 0 Å². The zero-order valence-corrected chi connectivity index (χ0v) is 5.70. The third-order valence-corrected chi connectivity index (χ3v) is 1.52. The van der Waals surface area contributed by atoms with Crippen LogP contribution in [0, 0.1) is 0 Å². The fourth-order valence-corrected chi connectivity index (χ4v) is 1.01. The number of ether oxygens (including phenoxy) is 1. The van der Waals surface area contributed by atoms with Crippen LogP contribution in [-0.2, 0) is 4.74 Å². The quantitative estimate of drug-likeness (QED) is 0.518. The van der Waals surface area contributed by atoms with Crippen molar-refractivity contribution in [1.82, 2.24) is 4.98 Å². The molecule has 0 amide bonds. The van der Waals surface area contributed by atoms with Crippen LogP contribution in [0.2, 0.25) is 0 Å². The standard InChI is InChI=1S/C8H5NO2/c1-5-6-3-2-4-9-7(6)8(10)11-5/h2-4H,1H2. The Bertz CT molecular complexity index is 311. The number of cyclic esters (lactones) is 1. The molecule has 0 N–H and O–H groups in total. The van der Waals surface area contributed by atoms with E-state index in [-0.39, 0.29) is 0 Å². The number of rotatable bonds is 0. The first kappa shape index (κ1) is 6.09. The zero-order valence-electron chi connectivity index (χ0n) is 5.70. The minimum absolute atomic E-state index is 0.359. The number of hydrogen-bond acceptors (Lipinski definition) is 3. The first-order valence-electron chi connectivity index (χ1n) is 3.15. The molecule has 1 aromatic heterocycles. The average Bonchev–Trinajstić information content (AvgIpc) is 2.30. The van der Waals surface area contributed by atoms with Gasteiger partial charge in [-0.05, 0) is 12.1 Å². The van der Waals surface area contributed by atoms with E-state index in [2.05, 4.69) is 11.6 Å². The number of esters is 1. The van der Waals surface area contributed by atoms with Crippen molar-refractivity contribution in [3.8, 4) is 0 Å². The Labute approximate surface area is 63.3 Å². The Morgan fingerprint density at radius 1 is 1.55 bits per heavy atom. The van der Waals surface area contributed by atoms with Gasteiger partial charge >= 0.3 is 5.97 Å². The van der Waals surface area contributed by atoms with Crippen molar-refractivity contribution in [2.24, 2.45) is 0 Å². The van der Waals surface area contributed by atoms with Crippen LogP contribution in [-0.4, -0.2) is 11.0 Å². The van der Waals surface area contributed by atoms with Gasteiger partial charge in [0.2, 0.25) is 0 Å². The minimum Gasteiger partial charge on any atom is -0.422 e. The average molecular weight is 147 g/mol. The number of nitrogens with zero attached hydrogens (tertiary/aromatic N) is 1. The van der Waals surface area contributed by atoms with Gasteiger partial charge in [-0.25, -0.2) is 9.78 Å². The lowest BCUT2D eigenvalue weighted by Crippen LogP contribution is -1.95. The Kier molecular flexibility index (Phi) is 1.06. The van der Waals surface area contributed by atoms with Gasteiger partial charge in [-0.1, -0.05) is 6.58 Å². The number of carbonyl (C=O) groups excluding carboxylic acids is 1. The highest BCUT2D eigenvalue weighted by molar-refractivity contribution is 6.00. The van der Waals surface area contributed by atoms with E-state index >= 15 is 0 Å². The van der Waals surface area contributed by atoms with Crippen LogP contribution >= 0.6 is 0 Å². The van der Waals surface area contributed by atoms with Crippen LogP contribution in [0.1, 0.15) is 16.1 Å². The molecule has 11 heavy (non-hydrogen) atoms. The SMILES string of the molecule is C=C1OC(=O)c2ncccc21. The van der Waals surface area contributed by atoms with Crippen LogP contribution in [0.3, 0.4) is 0 Å². The van der Waals surface area contributed by atoms with Gasteiger partial charge in [0.25, 0.3) is 0 Å². The fourth-order valence-electron chi connectivity index (χ4n) is 1.01. The lowest BCUT2D eigenvalue weighted by molar-refractivity contribution is 0.0711. The Balaban J connectivity index is 2.69. The molecule has 0 bridgehead atoms. The first-order chi connectivity index (χ1) is 5.29. The van der Waals surface area contributed by atoms with Crippen LogP contribution < -0.4 is 0 Å². The van der Waals surface area contributed by atoms with E-state index < -0.39 is 5.97 Å². The van der Waals surface area contributed by atoms with Crippen LogP contribution in [0.15, 0.2) is 24.9 Å². The second-order valence-electron chi connectivity index (χ2n) is 2.21. The lowest BCUT2D eigenvalue weighted by atomic mass is 10.2. The summed E-state index contributed by atoms with van der Waals surface area (Å²) in [7, 11) is 0. The third kappa shape index (κ3) is 0.741. The summed E-state index contributed by atoms with van der Waals surface area (Å²) in [5.74, 6) is -0.0244. The van der Waals surface area contributed by atoms with E-state index in [1.165, 1.54) is 0 Å². The second kappa shape index (κ2) is 1.92. The molecule has 2 heterocycles. The van der Waals surface area contributed by atoms with E-state index in [1.807, 2.05) is 0 Å². The normalized spacial score (nSPS) is 14.5. The van der Waals surface area contributed by atoms with E-state index in [0.29, 0.717) is 17.0 Å². The largest absolute Gasteiger partial charge is 0.422 e. The predicted molar refractivity (Wildman–Crippen MR) is 38.7 cm³/mol. The van der Waals surface area contributed by atoms with E-state index in [0.717, 1.165) is 0 Å². The molecule has 1 aliphatic rings. The molecule has 1 aliphatic heterocycles. The molecule has 0 radical (unpaired) electrons. The van der Waals surface area contributed by atoms with Gasteiger partial charge in [0, 0.05) is 11.8 Å². The van der Waals surface area contributed by atoms with Gasteiger partial charge in [0.1, 0.15) is 5.76 Å².